The van der Waals surface area contributed by atoms with Crippen molar-refractivity contribution in [1.29, 1.82) is 0 Å². The minimum absolute atomic E-state index is 0.0348. The third kappa shape index (κ3) is 3.25. The van der Waals surface area contributed by atoms with Crippen LogP contribution < -0.4 is 0 Å². The van der Waals surface area contributed by atoms with Gasteiger partial charge in [-0.15, -0.1) is 11.8 Å². The van der Waals surface area contributed by atoms with Crippen LogP contribution in [0.3, 0.4) is 0 Å². The van der Waals surface area contributed by atoms with E-state index in [1.165, 1.54) is 23.8 Å². The molecule has 3 aromatic carbocycles. The summed E-state index contributed by atoms with van der Waals surface area (Å²) in [5.74, 6) is 0.915. The molecule has 2 aliphatic rings. The van der Waals surface area contributed by atoms with Gasteiger partial charge in [0, 0.05) is 48.2 Å². The maximum Gasteiger partial charge on any atom is 0.277 e. The maximum atomic E-state index is 11.8. The van der Waals surface area contributed by atoms with Crippen LogP contribution in [0.4, 0.5) is 11.4 Å². The van der Waals surface area contributed by atoms with Gasteiger partial charge in [0.05, 0.1) is 20.4 Å². The molecular weight excluding hydrogens is 414 g/mol. The molecule has 0 aromatic heterocycles. The summed E-state index contributed by atoms with van der Waals surface area (Å²) in [5, 5.41) is 24.2. The van der Waals surface area contributed by atoms with Crippen molar-refractivity contribution in [1.82, 2.24) is 4.90 Å². The summed E-state index contributed by atoms with van der Waals surface area (Å²) in [6.07, 6.45) is 0. The van der Waals surface area contributed by atoms with Crippen LogP contribution in [-0.2, 0) is 6.54 Å². The molecule has 0 unspecified atom stereocenters. The number of hydrogen-bond donors (Lipinski definition) is 0. The van der Waals surface area contributed by atoms with Gasteiger partial charge in [-0.1, -0.05) is 42.5 Å². The predicted octanol–water partition coefficient (Wildman–Crippen LogP) is 5.45. The van der Waals surface area contributed by atoms with Crippen LogP contribution in [-0.4, -0.2) is 27.0 Å². The molecule has 1 saturated heterocycles. The number of fused-ring (bicyclic) bond motifs is 3. The smallest absolute Gasteiger partial charge is 0.277 e. The van der Waals surface area contributed by atoms with Crippen molar-refractivity contribution in [3.05, 3.63) is 109 Å². The van der Waals surface area contributed by atoms with Crippen molar-refractivity contribution in [2.45, 2.75) is 6.54 Å². The number of nitro groups is 2. The summed E-state index contributed by atoms with van der Waals surface area (Å²) in [6.45, 7) is 1.60. The number of nitrogens with zero attached hydrogens (tertiary/aromatic N) is 3. The Morgan fingerprint density at radius 1 is 0.871 bits per heavy atom. The third-order valence-electron chi connectivity index (χ3n) is 5.58. The van der Waals surface area contributed by atoms with E-state index in [0.717, 1.165) is 40.6 Å². The Balaban J connectivity index is 1.73. The molecule has 1 aliphatic carbocycles. The molecule has 0 amide bonds. The summed E-state index contributed by atoms with van der Waals surface area (Å²) < 4.78 is 0. The van der Waals surface area contributed by atoms with E-state index in [2.05, 4.69) is 17.0 Å². The van der Waals surface area contributed by atoms with E-state index in [9.17, 15) is 20.2 Å². The Kier molecular flexibility index (Phi) is 4.71. The predicted molar refractivity (Wildman–Crippen MR) is 121 cm³/mol. The van der Waals surface area contributed by atoms with E-state index in [1.807, 2.05) is 24.3 Å². The molecule has 31 heavy (non-hydrogen) atoms. The number of nitro benzene ring substituents is 2. The molecule has 8 heteroatoms. The standard InChI is InChI=1S/C23H17N3O4S/c27-25(28)16-9-10-17-19(13-16)21-18(7-4-8-20(21)26(29)30)22(17)23-24(11-12-31-23)14-15-5-2-1-3-6-15/h1-10,13H,11-12,14H2/b23-22+. The minimum atomic E-state index is -0.466. The second-order valence-corrected chi connectivity index (χ2v) is 8.46. The monoisotopic (exact) mass is 431 g/mol. The summed E-state index contributed by atoms with van der Waals surface area (Å²) in [7, 11) is 0. The SMILES string of the molecule is O=[N+]([O-])c1ccc2c(c1)-c1c(cccc1[N+](=O)[O-])/C2=C1/SCCN1Cc1ccccc1. The number of hydrogen-bond acceptors (Lipinski definition) is 6. The topological polar surface area (TPSA) is 89.5 Å². The normalized spacial score (nSPS) is 16.8. The highest BCUT2D eigenvalue weighted by Gasteiger charge is 2.36. The fourth-order valence-electron chi connectivity index (χ4n) is 4.26. The first-order chi connectivity index (χ1) is 15.0. The van der Waals surface area contributed by atoms with Crippen molar-refractivity contribution in [2.75, 3.05) is 12.3 Å². The van der Waals surface area contributed by atoms with Crippen LogP contribution in [0.15, 0.2) is 71.8 Å². The van der Waals surface area contributed by atoms with E-state index < -0.39 is 9.85 Å². The lowest BCUT2D eigenvalue weighted by Gasteiger charge is -2.22. The lowest BCUT2D eigenvalue weighted by Crippen LogP contribution is -2.18. The number of rotatable bonds is 4. The molecule has 1 aliphatic heterocycles. The summed E-state index contributed by atoms with van der Waals surface area (Å²) in [6, 6.07) is 19.8. The molecule has 0 radical (unpaired) electrons. The van der Waals surface area contributed by atoms with Gasteiger partial charge in [0.25, 0.3) is 11.4 Å². The van der Waals surface area contributed by atoms with E-state index in [4.69, 9.17) is 0 Å². The first-order valence-corrected chi connectivity index (χ1v) is 10.8. The molecule has 0 bridgehead atoms. The highest BCUT2D eigenvalue weighted by molar-refractivity contribution is 8.03. The van der Waals surface area contributed by atoms with Crippen LogP contribution >= 0.6 is 11.8 Å². The van der Waals surface area contributed by atoms with Gasteiger partial charge >= 0.3 is 0 Å². The van der Waals surface area contributed by atoms with E-state index in [-0.39, 0.29) is 11.4 Å². The lowest BCUT2D eigenvalue weighted by molar-refractivity contribution is -0.385. The zero-order chi connectivity index (χ0) is 21.5. The highest BCUT2D eigenvalue weighted by Crippen LogP contribution is 2.53. The average Bonchev–Trinajstić information content (AvgIpc) is 3.35. The fraction of sp³-hybridized carbons (Fsp3) is 0.130. The van der Waals surface area contributed by atoms with Crippen LogP contribution in [0.1, 0.15) is 16.7 Å². The molecule has 5 rings (SSSR count). The van der Waals surface area contributed by atoms with Gasteiger partial charge in [-0.25, -0.2) is 0 Å². The molecule has 0 spiro atoms. The minimum Gasteiger partial charge on any atom is -0.361 e. The number of benzene rings is 3. The van der Waals surface area contributed by atoms with E-state index >= 15 is 0 Å². The first-order valence-electron chi connectivity index (χ1n) is 9.77. The largest absolute Gasteiger partial charge is 0.361 e. The van der Waals surface area contributed by atoms with Gasteiger partial charge in [-0.05, 0) is 22.8 Å². The van der Waals surface area contributed by atoms with Crippen LogP contribution in [0, 0.1) is 20.2 Å². The molecule has 0 N–H and O–H groups in total. The van der Waals surface area contributed by atoms with E-state index in [1.54, 1.807) is 23.9 Å². The summed E-state index contributed by atoms with van der Waals surface area (Å²) >= 11 is 1.72. The van der Waals surface area contributed by atoms with Crippen molar-refractivity contribution in [3.8, 4) is 11.1 Å². The molecule has 0 saturated carbocycles. The van der Waals surface area contributed by atoms with Crippen molar-refractivity contribution in [3.63, 3.8) is 0 Å². The molecule has 3 aromatic rings. The second kappa shape index (κ2) is 7.55. The van der Waals surface area contributed by atoms with Gasteiger partial charge < -0.3 is 4.90 Å². The summed E-state index contributed by atoms with van der Waals surface area (Å²) in [4.78, 5) is 24.5. The molecular formula is C23H17N3O4S. The number of thioether (sulfide) groups is 1. The Hall–Kier alpha value is -3.65. The molecule has 0 atom stereocenters. The van der Waals surface area contributed by atoms with Crippen molar-refractivity contribution < 1.29 is 9.85 Å². The lowest BCUT2D eigenvalue weighted by atomic mass is 10.0. The van der Waals surface area contributed by atoms with E-state index in [0.29, 0.717) is 11.1 Å². The molecule has 1 heterocycles. The quantitative estimate of drug-likeness (QED) is 0.315. The fourth-order valence-corrected chi connectivity index (χ4v) is 5.47. The van der Waals surface area contributed by atoms with Crippen LogP contribution in [0.25, 0.3) is 16.7 Å². The Bertz CT molecular complexity index is 1260. The maximum absolute atomic E-state index is 11.8. The number of non-ortho nitro benzene ring substituents is 1. The first kappa shape index (κ1) is 19.3. The van der Waals surface area contributed by atoms with Crippen LogP contribution in [0.5, 0.6) is 0 Å². The Labute approximate surface area is 182 Å². The zero-order valence-electron chi connectivity index (χ0n) is 16.4. The third-order valence-corrected chi connectivity index (χ3v) is 6.70. The van der Waals surface area contributed by atoms with Gasteiger partial charge in [0.1, 0.15) is 0 Å². The van der Waals surface area contributed by atoms with Gasteiger partial charge in [-0.3, -0.25) is 20.2 Å². The molecule has 154 valence electrons. The molecule has 7 nitrogen and oxygen atoms in total. The van der Waals surface area contributed by atoms with Crippen molar-refractivity contribution in [2.24, 2.45) is 0 Å². The second-order valence-electron chi connectivity index (χ2n) is 7.38. The van der Waals surface area contributed by atoms with Crippen molar-refractivity contribution >= 4 is 28.7 Å². The van der Waals surface area contributed by atoms with Crippen LogP contribution in [0.2, 0.25) is 0 Å². The highest BCUT2D eigenvalue weighted by atomic mass is 32.2. The van der Waals surface area contributed by atoms with Gasteiger partial charge in [0.15, 0.2) is 0 Å². The Morgan fingerprint density at radius 2 is 1.68 bits per heavy atom. The zero-order valence-corrected chi connectivity index (χ0v) is 17.2. The van der Waals surface area contributed by atoms with Gasteiger partial charge in [0.2, 0.25) is 0 Å². The Morgan fingerprint density at radius 3 is 2.42 bits per heavy atom. The molecule has 1 fully saturated rings. The average molecular weight is 431 g/mol. The summed E-state index contributed by atoms with van der Waals surface area (Å²) in [5.41, 5.74) is 4.56. The van der Waals surface area contributed by atoms with Gasteiger partial charge in [-0.2, -0.15) is 0 Å².